The van der Waals surface area contributed by atoms with Crippen molar-refractivity contribution in [2.45, 2.75) is 6.61 Å². The Morgan fingerprint density at radius 1 is 1.33 bits per heavy atom. The van der Waals surface area contributed by atoms with Gasteiger partial charge in [-0.05, 0) is 29.8 Å². The smallest absolute Gasteiger partial charge is 0.304 e. The van der Waals surface area contributed by atoms with E-state index in [1.54, 1.807) is 6.07 Å². The van der Waals surface area contributed by atoms with Crippen molar-refractivity contribution in [2.75, 3.05) is 0 Å². The van der Waals surface area contributed by atoms with Crippen molar-refractivity contribution in [1.82, 2.24) is 0 Å². The quantitative estimate of drug-likeness (QED) is 0.635. The maximum atomic E-state index is 13.5. The van der Waals surface area contributed by atoms with Gasteiger partial charge >= 0.3 is 5.69 Å². The van der Waals surface area contributed by atoms with Crippen molar-refractivity contribution in [1.29, 1.82) is 5.26 Å². The number of nitrogens with zero attached hydrogens (tertiary/aromatic N) is 2. The summed E-state index contributed by atoms with van der Waals surface area (Å²) in [6.07, 6.45) is 0. The highest BCUT2D eigenvalue weighted by Crippen LogP contribution is 2.24. The van der Waals surface area contributed by atoms with Gasteiger partial charge in [-0.3, -0.25) is 10.1 Å². The van der Waals surface area contributed by atoms with Crippen LogP contribution in [0.3, 0.4) is 0 Å². The first kappa shape index (κ1) is 14.8. The van der Waals surface area contributed by atoms with Crippen LogP contribution in [0.4, 0.5) is 10.1 Å². The van der Waals surface area contributed by atoms with E-state index >= 15 is 0 Å². The van der Waals surface area contributed by atoms with Crippen LogP contribution in [0, 0.1) is 27.3 Å². The van der Waals surface area contributed by atoms with Gasteiger partial charge < -0.3 is 4.74 Å². The Balaban J connectivity index is 2.17. The Morgan fingerprint density at radius 3 is 2.71 bits per heavy atom. The molecule has 106 valence electrons. The van der Waals surface area contributed by atoms with Crippen molar-refractivity contribution in [3.05, 3.63) is 68.5 Å². The minimum absolute atomic E-state index is 0.0378. The molecule has 0 fully saturated rings. The molecule has 0 spiro atoms. The summed E-state index contributed by atoms with van der Waals surface area (Å²) >= 11 is 5.81. The molecule has 0 aromatic heterocycles. The molecule has 0 bridgehead atoms. The minimum Gasteiger partial charge on any atom is -0.487 e. The Labute approximate surface area is 124 Å². The van der Waals surface area contributed by atoms with E-state index in [9.17, 15) is 14.5 Å². The van der Waals surface area contributed by atoms with Crippen LogP contribution >= 0.6 is 11.6 Å². The Kier molecular flexibility index (Phi) is 4.36. The molecule has 21 heavy (non-hydrogen) atoms. The summed E-state index contributed by atoms with van der Waals surface area (Å²) in [5, 5.41) is 19.9. The zero-order valence-electron chi connectivity index (χ0n) is 10.5. The van der Waals surface area contributed by atoms with Crippen molar-refractivity contribution < 1.29 is 14.1 Å². The average Bonchev–Trinajstić information content (AvgIpc) is 2.45. The van der Waals surface area contributed by atoms with E-state index in [4.69, 9.17) is 21.6 Å². The molecular weight excluding hydrogens is 299 g/mol. The zero-order valence-corrected chi connectivity index (χ0v) is 11.3. The molecule has 0 saturated carbocycles. The van der Waals surface area contributed by atoms with Gasteiger partial charge in [0.05, 0.1) is 10.5 Å². The molecule has 0 saturated heterocycles. The van der Waals surface area contributed by atoms with E-state index in [0.29, 0.717) is 16.1 Å². The number of hydrogen-bond donors (Lipinski definition) is 0. The molecule has 0 unspecified atom stereocenters. The highest BCUT2D eigenvalue weighted by atomic mass is 35.5. The Morgan fingerprint density at radius 2 is 2.10 bits per heavy atom. The van der Waals surface area contributed by atoms with E-state index in [1.807, 2.05) is 6.07 Å². The first-order valence-corrected chi connectivity index (χ1v) is 6.14. The average molecular weight is 307 g/mol. The third kappa shape index (κ3) is 3.46. The van der Waals surface area contributed by atoms with Crippen LogP contribution in [0.15, 0.2) is 36.4 Å². The normalized spacial score (nSPS) is 9.95. The predicted octanol–water partition coefficient (Wildman–Crippen LogP) is 3.84. The second-order valence-electron chi connectivity index (χ2n) is 4.08. The molecule has 5 nitrogen and oxygen atoms in total. The second kappa shape index (κ2) is 6.20. The molecule has 7 heteroatoms. The van der Waals surface area contributed by atoms with Gasteiger partial charge in [0, 0.05) is 17.2 Å². The summed E-state index contributed by atoms with van der Waals surface area (Å²) in [5.41, 5.74) is 0.1000. The molecule has 0 aliphatic rings. The van der Waals surface area contributed by atoms with Gasteiger partial charge in [0.1, 0.15) is 18.4 Å². The molecule has 0 N–H and O–H groups in total. The fourth-order valence-electron chi connectivity index (χ4n) is 1.66. The Bertz CT molecular complexity index is 743. The molecule has 0 aliphatic heterocycles. The van der Waals surface area contributed by atoms with E-state index < -0.39 is 16.4 Å². The van der Waals surface area contributed by atoms with Crippen molar-refractivity contribution in [3.63, 3.8) is 0 Å². The lowest BCUT2D eigenvalue weighted by atomic mass is 10.2. The van der Waals surface area contributed by atoms with Gasteiger partial charge in [-0.25, -0.2) is 0 Å². The van der Waals surface area contributed by atoms with Gasteiger partial charge in [-0.2, -0.15) is 9.65 Å². The molecule has 2 aromatic carbocycles. The van der Waals surface area contributed by atoms with Gasteiger partial charge in [0.15, 0.2) is 0 Å². The zero-order chi connectivity index (χ0) is 15.4. The van der Waals surface area contributed by atoms with Gasteiger partial charge in [0.25, 0.3) is 0 Å². The van der Waals surface area contributed by atoms with E-state index in [-0.39, 0.29) is 12.4 Å². The maximum Gasteiger partial charge on any atom is 0.304 e. The number of halogens is 2. The SMILES string of the molecule is N#Cc1ccc(Cl)cc1OCc1ccc([N+](=O)[O-])c(F)c1. The third-order valence-corrected chi connectivity index (χ3v) is 2.90. The van der Waals surface area contributed by atoms with Crippen LogP contribution in [-0.2, 0) is 6.61 Å². The largest absolute Gasteiger partial charge is 0.487 e. The van der Waals surface area contributed by atoms with Crippen LogP contribution < -0.4 is 4.74 Å². The molecule has 0 radical (unpaired) electrons. The molecule has 0 amide bonds. The molecule has 0 heterocycles. The number of rotatable bonds is 4. The lowest BCUT2D eigenvalue weighted by molar-refractivity contribution is -0.387. The fourth-order valence-corrected chi connectivity index (χ4v) is 1.82. The van der Waals surface area contributed by atoms with Crippen LogP contribution in [0.25, 0.3) is 0 Å². The number of hydrogen-bond acceptors (Lipinski definition) is 4. The van der Waals surface area contributed by atoms with Gasteiger partial charge in [-0.1, -0.05) is 11.6 Å². The van der Waals surface area contributed by atoms with Crippen LogP contribution in [0.1, 0.15) is 11.1 Å². The molecule has 2 rings (SSSR count). The summed E-state index contributed by atoms with van der Waals surface area (Å²) < 4.78 is 18.9. The first-order valence-electron chi connectivity index (χ1n) is 5.76. The molecule has 0 atom stereocenters. The van der Waals surface area contributed by atoms with Crippen LogP contribution in [-0.4, -0.2) is 4.92 Å². The first-order chi connectivity index (χ1) is 10.0. The van der Waals surface area contributed by atoms with E-state index in [1.165, 1.54) is 18.2 Å². The van der Waals surface area contributed by atoms with Gasteiger partial charge in [0.2, 0.25) is 5.82 Å². The van der Waals surface area contributed by atoms with Gasteiger partial charge in [-0.15, -0.1) is 0 Å². The maximum absolute atomic E-state index is 13.5. The summed E-state index contributed by atoms with van der Waals surface area (Å²) in [7, 11) is 0. The fraction of sp³-hybridized carbons (Fsp3) is 0.0714. The topological polar surface area (TPSA) is 76.2 Å². The van der Waals surface area contributed by atoms with Crippen LogP contribution in [0.2, 0.25) is 5.02 Å². The summed E-state index contributed by atoms with van der Waals surface area (Å²) in [5.74, 6) is -0.670. The lowest BCUT2D eigenvalue weighted by Crippen LogP contribution is -1.99. The molecule has 2 aromatic rings. The third-order valence-electron chi connectivity index (χ3n) is 2.67. The van der Waals surface area contributed by atoms with Crippen molar-refractivity contribution >= 4 is 17.3 Å². The molecular formula is C14H8ClFN2O3. The highest BCUT2D eigenvalue weighted by Gasteiger charge is 2.14. The summed E-state index contributed by atoms with van der Waals surface area (Å²) in [6.45, 7) is -0.0378. The minimum atomic E-state index is -0.937. The molecule has 0 aliphatic carbocycles. The van der Waals surface area contributed by atoms with Crippen LogP contribution in [0.5, 0.6) is 5.75 Å². The lowest BCUT2D eigenvalue weighted by Gasteiger charge is -2.08. The van der Waals surface area contributed by atoms with Crippen molar-refractivity contribution in [2.24, 2.45) is 0 Å². The Hall–Kier alpha value is -2.65. The number of ether oxygens (including phenoxy) is 1. The van der Waals surface area contributed by atoms with E-state index in [0.717, 1.165) is 12.1 Å². The number of benzene rings is 2. The van der Waals surface area contributed by atoms with Crippen molar-refractivity contribution in [3.8, 4) is 11.8 Å². The number of nitriles is 1. The van der Waals surface area contributed by atoms with E-state index in [2.05, 4.69) is 0 Å². The predicted molar refractivity (Wildman–Crippen MR) is 73.6 cm³/mol. The number of nitro groups is 1. The monoisotopic (exact) mass is 306 g/mol. The summed E-state index contributed by atoms with van der Waals surface area (Å²) in [4.78, 5) is 9.72. The highest BCUT2D eigenvalue weighted by molar-refractivity contribution is 6.30. The number of nitro benzene ring substituents is 1. The second-order valence-corrected chi connectivity index (χ2v) is 4.52. The summed E-state index contributed by atoms with van der Waals surface area (Å²) in [6, 6.07) is 9.96. The standard InChI is InChI=1S/C14H8ClFN2O3/c15-11-3-2-10(7-17)14(6-11)21-8-9-1-4-13(18(19)20)12(16)5-9/h1-6H,8H2.